The van der Waals surface area contributed by atoms with Crippen molar-refractivity contribution in [3.63, 3.8) is 0 Å². The number of hydrogen-bond donors (Lipinski definition) is 0. The van der Waals surface area contributed by atoms with Gasteiger partial charge in [-0.05, 0) is 81.6 Å². The summed E-state index contributed by atoms with van der Waals surface area (Å²) in [6, 6.07) is 15.8. The Kier molecular flexibility index (Phi) is 9.41. The number of rotatable bonds is 10. The highest BCUT2D eigenvalue weighted by Gasteiger charge is 2.31. The molecule has 0 bridgehead atoms. The Morgan fingerprint density at radius 3 is 2.16 bits per heavy atom. The number of alkyl halides is 3. The van der Waals surface area contributed by atoms with E-state index in [-0.39, 0.29) is 30.1 Å². The van der Waals surface area contributed by atoms with Crippen LogP contribution < -0.4 is 0 Å². The minimum Gasteiger partial charge on any atom is -0.345 e. The molecular formula is C30H36F3N3O2. The molecule has 3 aromatic rings. The summed E-state index contributed by atoms with van der Waals surface area (Å²) in [6.45, 7) is 10.5. The van der Waals surface area contributed by atoms with Crippen LogP contribution in [-0.2, 0) is 24.1 Å². The number of benzene rings is 2. The largest absolute Gasteiger partial charge is 0.416 e. The number of halogens is 3. The van der Waals surface area contributed by atoms with Crippen LogP contribution >= 0.6 is 0 Å². The predicted molar refractivity (Wildman–Crippen MR) is 143 cm³/mol. The summed E-state index contributed by atoms with van der Waals surface area (Å²) in [5, 5.41) is 0. The SMILES string of the molecule is CCC(C)N(Cc1cccn1Cc1ccccc1C)C(=O)CN(C(=O)c1ccc(C(F)(F)F)cc1)C(C)C. The van der Waals surface area contributed by atoms with Gasteiger partial charge in [0.2, 0.25) is 5.91 Å². The van der Waals surface area contributed by atoms with Crippen LogP contribution in [0.25, 0.3) is 0 Å². The Hall–Kier alpha value is -3.55. The molecule has 204 valence electrons. The fourth-order valence-corrected chi connectivity index (χ4v) is 4.30. The van der Waals surface area contributed by atoms with E-state index in [0.717, 1.165) is 36.4 Å². The lowest BCUT2D eigenvalue weighted by molar-refractivity contribution is -0.137. The number of carbonyl (C=O) groups is 2. The zero-order valence-electron chi connectivity index (χ0n) is 22.6. The van der Waals surface area contributed by atoms with Gasteiger partial charge in [0.15, 0.2) is 0 Å². The Balaban J connectivity index is 1.80. The van der Waals surface area contributed by atoms with Crippen molar-refractivity contribution in [2.45, 2.75) is 72.4 Å². The van der Waals surface area contributed by atoms with Crippen LogP contribution in [0.15, 0.2) is 66.9 Å². The molecular weight excluding hydrogens is 491 g/mol. The Morgan fingerprint density at radius 1 is 0.921 bits per heavy atom. The van der Waals surface area contributed by atoms with Crippen molar-refractivity contribution >= 4 is 11.8 Å². The fourth-order valence-electron chi connectivity index (χ4n) is 4.30. The van der Waals surface area contributed by atoms with Crippen LogP contribution in [0.3, 0.4) is 0 Å². The van der Waals surface area contributed by atoms with Crippen molar-refractivity contribution in [3.05, 3.63) is 94.8 Å². The van der Waals surface area contributed by atoms with E-state index in [1.54, 1.807) is 18.7 Å². The molecule has 0 fully saturated rings. The summed E-state index contributed by atoms with van der Waals surface area (Å²) in [5.74, 6) is -0.689. The van der Waals surface area contributed by atoms with E-state index in [1.807, 2.05) is 44.3 Å². The lowest BCUT2D eigenvalue weighted by Crippen LogP contribution is -2.48. The number of aromatic nitrogens is 1. The van der Waals surface area contributed by atoms with E-state index in [0.29, 0.717) is 13.1 Å². The highest BCUT2D eigenvalue weighted by atomic mass is 19.4. The number of nitrogens with zero attached hydrogens (tertiary/aromatic N) is 3. The second-order valence-corrected chi connectivity index (χ2v) is 9.93. The minimum absolute atomic E-state index is 0.0699. The molecule has 1 unspecified atom stereocenters. The van der Waals surface area contributed by atoms with Crippen molar-refractivity contribution in [2.75, 3.05) is 6.54 Å². The lowest BCUT2D eigenvalue weighted by Gasteiger charge is -2.33. The lowest BCUT2D eigenvalue weighted by atomic mass is 10.1. The van der Waals surface area contributed by atoms with Gasteiger partial charge in [-0.15, -0.1) is 0 Å². The Labute approximate surface area is 222 Å². The molecule has 0 spiro atoms. The summed E-state index contributed by atoms with van der Waals surface area (Å²) in [6.07, 6.45) is -1.75. The summed E-state index contributed by atoms with van der Waals surface area (Å²) in [7, 11) is 0. The molecule has 0 aliphatic rings. The number of amides is 2. The molecule has 1 heterocycles. The van der Waals surface area contributed by atoms with Crippen LogP contribution in [0, 0.1) is 6.92 Å². The molecule has 2 amide bonds. The summed E-state index contributed by atoms with van der Waals surface area (Å²) in [4.78, 5) is 30.0. The van der Waals surface area contributed by atoms with Gasteiger partial charge in [0.25, 0.3) is 5.91 Å². The quantitative estimate of drug-likeness (QED) is 0.301. The van der Waals surface area contributed by atoms with Gasteiger partial charge < -0.3 is 14.4 Å². The van der Waals surface area contributed by atoms with Crippen LogP contribution in [0.1, 0.15) is 66.9 Å². The van der Waals surface area contributed by atoms with Crippen molar-refractivity contribution < 1.29 is 22.8 Å². The van der Waals surface area contributed by atoms with Gasteiger partial charge in [0, 0.05) is 36.1 Å². The first-order valence-electron chi connectivity index (χ1n) is 12.9. The molecule has 1 atom stereocenters. The van der Waals surface area contributed by atoms with Crippen molar-refractivity contribution in [3.8, 4) is 0 Å². The molecule has 5 nitrogen and oxygen atoms in total. The maximum atomic E-state index is 13.6. The third kappa shape index (κ3) is 7.05. The summed E-state index contributed by atoms with van der Waals surface area (Å²) in [5.41, 5.74) is 2.66. The third-order valence-electron chi connectivity index (χ3n) is 6.95. The first-order chi connectivity index (χ1) is 17.9. The molecule has 0 saturated heterocycles. The normalized spacial score (nSPS) is 12.4. The molecule has 0 saturated carbocycles. The molecule has 1 aromatic heterocycles. The van der Waals surface area contributed by atoms with Gasteiger partial charge in [-0.1, -0.05) is 31.2 Å². The van der Waals surface area contributed by atoms with Crippen molar-refractivity contribution in [1.82, 2.24) is 14.4 Å². The first-order valence-corrected chi connectivity index (χ1v) is 12.9. The van der Waals surface area contributed by atoms with Gasteiger partial charge in [-0.25, -0.2) is 0 Å². The van der Waals surface area contributed by atoms with Gasteiger partial charge in [-0.2, -0.15) is 13.2 Å². The van der Waals surface area contributed by atoms with Crippen LogP contribution in [0.4, 0.5) is 13.2 Å². The molecule has 0 radical (unpaired) electrons. The molecule has 3 rings (SSSR count). The average Bonchev–Trinajstić information content (AvgIpc) is 3.32. The smallest absolute Gasteiger partial charge is 0.345 e. The molecule has 0 aliphatic heterocycles. The summed E-state index contributed by atoms with van der Waals surface area (Å²) < 4.78 is 41.0. The van der Waals surface area contributed by atoms with E-state index in [4.69, 9.17) is 0 Å². The zero-order chi connectivity index (χ0) is 28.0. The van der Waals surface area contributed by atoms with Gasteiger partial charge in [-0.3, -0.25) is 9.59 Å². The van der Waals surface area contributed by atoms with Gasteiger partial charge in [0.05, 0.1) is 12.1 Å². The van der Waals surface area contributed by atoms with E-state index in [2.05, 4.69) is 23.6 Å². The van der Waals surface area contributed by atoms with Crippen LogP contribution in [0.5, 0.6) is 0 Å². The minimum atomic E-state index is -4.48. The number of carbonyl (C=O) groups excluding carboxylic acids is 2. The van der Waals surface area contributed by atoms with E-state index in [9.17, 15) is 22.8 Å². The monoisotopic (exact) mass is 527 g/mol. The van der Waals surface area contributed by atoms with Crippen molar-refractivity contribution in [1.29, 1.82) is 0 Å². The molecule has 0 N–H and O–H groups in total. The maximum Gasteiger partial charge on any atom is 0.416 e. The predicted octanol–water partition coefficient (Wildman–Crippen LogP) is 6.54. The van der Waals surface area contributed by atoms with E-state index < -0.39 is 17.6 Å². The van der Waals surface area contributed by atoms with E-state index in [1.165, 1.54) is 16.0 Å². The van der Waals surface area contributed by atoms with Gasteiger partial charge in [0.1, 0.15) is 6.54 Å². The first kappa shape index (κ1) is 29.0. The number of aryl methyl sites for hydroxylation is 1. The summed E-state index contributed by atoms with van der Waals surface area (Å²) >= 11 is 0. The average molecular weight is 528 g/mol. The third-order valence-corrected chi connectivity index (χ3v) is 6.95. The molecule has 38 heavy (non-hydrogen) atoms. The van der Waals surface area contributed by atoms with E-state index >= 15 is 0 Å². The second kappa shape index (κ2) is 12.3. The molecule has 8 heteroatoms. The topological polar surface area (TPSA) is 45.6 Å². The Morgan fingerprint density at radius 2 is 1.58 bits per heavy atom. The number of hydrogen-bond acceptors (Lipinski definition) is 2. The standard InChI is InChI=1S/C30H36F3N3O2/c1-6-23(5)36(19-27-12-9-17-34(27)18-25-11-8-7-10-22(25)4)28(37)20-35(21(2)3)29(38)24-13-15-26(16-14-24)30(31,32)33/h7-17,21,23H,6,18-20H2,1-5H3. The maximum absolute atomic E-state index is 13.6. The van der Waals surface area contributed by atoms with Crippen molar-refractivity contribution in [2.24, 2.45) is 0 Å². The highest BCUT2D eigenvalue weighted by molar-refractivity contribution is 5.96. The Bertz CT molecular complexity index is 1230. The molecule has 2 aromatic carbocycles. The fraction of sp³-hybridized carbons (Fsp3) is 0.400. The van der Waals surface area contributed by atoms with Crippen LogP contribution in [-0.4, -0.2) is 44.8 Å². The van der Waals surface area contributed by atoms with Gasteiger partial charge >= 0.3 is 6.18 Å². The zero-order valence-corrected chi connectivity index (χ0v) is 22.6. The molecule has 0 aliphatic carbocycles. The van der Waals surface area contributed by atoms with Crippen LogP contribution in [0.2, 0.25) is 0 Å². The second-order valence-electron chi connectivity index (χ2n) is 9.93. The highest BCUT2D eigenvalue weighted by Crippen LogP contribution is 2.29.